The summed E-state index contributed by atoms with van der Waals surface area (Å²) in [7, 11) is 0. The van der Waals surface area contributed by atoms with E-state index < -0.39 is 0 Å². The normalized spacial score (nSPS) is 29.0. The van der Waals surface area contributed by atoms with Crippen molar-refractivity contribution in [2.45, 2.75) is 31.7 Å². The molecule has 1 aliphatic carbocycles. The molecule has 19 heavy (non-hydrogen) atoms. The second-order valence-electron chi connectivity index (χ2n) is 5.59. The van der Waals surface area contributed by atoms with Crippen LogP contribution in [0.4, 0.5) is 0 Å². The van der Waals surface area contributed by atoms with Crippen LogP contribution in [-0.2, 0) is 4.79 Å². The molecule has 1 aromatic rings. The molecule has 0 spiro atoms. The monoisotopic (exact) mass is 254 g/mol. The molecule has 1 aliphatic heterocycles. The predicted octanol–water partition coefficient (Wildman–Crippen LogP) is 2.90. The zero-order valence-electron chi connectivity index (χ0n) is 11.0. The largest absolute Gasteiger partial charge is 0.334 e. The fraction of sp³-hybridized carbons (Fsp3) is 0.500. The summed E-state index contributed by atoms with van der Waals surface area (Å²) >= 11 is 0. The maximum absolute atomic E-state index is 12.2. The van der Waals surface area contributed by atoms with Gasteiger partial charge >= 0.3 is 0 Å². The lowest BCUT2D eigenvalue weighted by Gasteiger charge is -2.27. The number of amides is 1. The molecule has 98 valence electrons. The number of carbonyl (C=O) groups is 1. The third-order valence-corrected chi connectivity index (χ3v) is 4.58. The van der Waals surface area contributed by atoms with Gasteiger partial charge in [0.05, 0.1) is 12.1 Å². The van der Waals surface area contributed by atoms with Crippen LogP contribution in [0, 0.1) is 23.2 Å². The average molecular weight is 254 g/mol. The highest BCUT2D eigenvalue weighted by molar-refractivity contribution is 5.79. The van der Waals surface area contributed by atoms with Gasteiger partial charge in [-0.2, -0.15) is 5.26 Å². The van der Waals surface area contributed by atoms with Crippen molar-refractivity contribution in [2.24, 2.45) is 11.8 Å². The molecular weight excluding hydrogens is 236 g/mol. The van der Waals surface area contributed by atoms with Crippen molar-refractivity contribution in [3.63, 3.8) is 0 Å². The van der Waals surface area contributed by atoms with Gasteiger partial charge in [-0.3, -0.25) is 4.79 Å². The van der Waals surface area contributed by atoms with Crippen LogP contribution in [0.15, 0.2) is 30.3 Å². The first kappa shape index (κ1) is 12.2. The maximum atomic E-state index is 12.2. The SMILES string of the molecule is N#CCC(=O)N1C[C@@H]2CCC[C@@H]2C1c1ccccc1. The Bertz CT molecular complexity index is 505. The molecule has 2 fully saturated rings. The number of likely N-dealkylation sites (tertiary alicyclic amines) is 1. The molecule has 1 unspecified atom stereocenters. The topological polar surface area (TPSA) is 44.1 Å². The first-order valence-electron chi connectivity index (χ1n) is 7.02. The van der Waals surface area contributed by atoms with Crippen LogP contribution in [-0.4, -0.2) is 17.4 Å². The smallest absolute Gasteiger partial charge is 0.237 e. The van der Waals surface area contributed by atoms with Crippen LogP contribution < -0.4 is 0 Å². The minimum absolute atomic E-state index is 0.00275. The van der Waals surface area contributed by atoms with E-state index in [1.807, 2.05) is 29.2 Å². The Balaban J connectivity index is 1.91. The summed E-state index contributed by atoms with van der Waals surface area (Å²) in [4.78, 5) is 14.1. The summed E-state index contributed by atoms with van der Waals surface area (Å²) in [6.45, 7) is 0.838. The molecule has 1 aromatic carbocycles. The van der Waals surface area contributed by atoms with Gasteiger partial charge in [0.2, 0.25) is 5.91 Å². The highest BCUT2D eigenvalue weighted by atomic mass is 16.2. The van der Waals surface area contributed by atoms with Gasteiger partial charge in [-0.1, -0.05) is 36.8 Å². The molecule has 0 N–H and O–H groups in total. The van der Waals surface area contributed by atoms with Crippen molar-refractivity contribution in [3.05, 3.63) is 35.9 Å². The number of fused-ring (bicyclic) bond motifs is 1. The Labute approximate surface area is 113 Å². The van der Waals surface area contributed by atoms with Crippen LogP contribution in [0.25, 0.3) is 0 Å². The summed E-state index contributed by atoms with van der Waals surface area (Å²) in [5.41, 5.74) is 1.23. The second-order valence-corrected chi connectivity index (χ2v) is 5.59. The van der Waals surface area contributed by atoms with Crippen molar-refractivity contribution in [3.8, 4) is 6.07 Å². The van der Waals surface area contributed by atoms with Crippen molar-refractivity contribution in [2.75, 3.05) is 6.54 Å². The Morgan fingerprint density at radius 3 is 2.84 bits per heavy atom. The third-order valence-electron chi connectivity index (χ3n) is 4.58. The molecule has 3 heteroatoms. The van der Waals surface area contributed by atoms with Gasteiger partial charge in [0.25, 0.3) is 0 Å². The standard InChI is InChI=1S/C16H18N2O/c17-10-9-15(19)18-11-13-7-4-8-14(13)16(18)12-5-2-1-3-6-12/h1-3,5-6,13-14,16H,4,7-9,11H2/t13-,14-,16?/m0/s1. The lowest BCUT2D eigenvalue weighted by Crippen LogP contribution is -2.32. The molecule has 1 heterocycles. The number of nitriles is 1. The molecule has 0 aromatic heterocycles. The van der Waals surface area contributed by atoms with Gasteiger partial charge in [0.15, 0.2) is 0 Å². The van der Waals surface area contributed by atoms with Crippen LogP contribution in [0.2, 0.25) is 0 Å². The summed E-state index contributed by atoms with van der Waals surface area (Å²) in [5.74, 6) is 1.21. The molecular formula is C16H18N2O. The van der Waals surface area contributed by atoms with Crippen LogP contribution in [0.1, 0.15) is 37.3 Å². The fourth-order valence-electron chi connectivity index (χ4n) is 3.81. The summed E-state index contributed by atoms with van der Waals surface area (Å²) < 4.78 is 0. The summed E-state index contributed by atoms with van der Waals surface area (Å²) in [5, 5.41) is 8.76. The Hall–Kier alpha value is -1.82. The summed E-state index contributed by atoms with van der Waals surface area (Å²) in [6.07, 6.45) is 3.71. The van der Waals surface area contributed by atoms with E-state index in [4.69, 9.17) is 5.26 Å². The number of hydrogen-bond donors (Lipinski definition) is 0. The second kappa shape index (κ2) is 5.05. The number of rotatable bonds is 2. The number of benzene rings is 1. The van der Waals surface area contributed by atoms with E-state index in [1.54, 1.807) is 0 Å². The van der Waals surface area contributed by atoms with Gasteiger partial charge in [-0.05, 0) is 30.2 Å². The quantitative estimate of drug-likeness (QED) is 0.814. The van der Waals surface area contributed by atoms with Crippen LogP contribution >= 0.6 is 0 Å². The third kappa shape index (κ3) is 2.12. The Morgan fingerprint density at radius 2 is 2.11 bits per heavy atom. The van der Waals surface area contributed by atoms with Crippen molar-refractivity contribution in [1.29, 1.82) is 5.26 Å². The van der Waals surface area contributed by atoms with E-state index >= 15 is 0 Å². The molecule has 3 nitrogen and oxygen atoms in total. The number of hydrogen-bond acceptors (Lipinski definition) is 2. The Morgan fingerprint density at radius 1 is 1.32 bits per heavy atom. The van der Waals surface area contributed by atoms with Gasteiger partial charge < -0.3 is 4.90 Å². The Kier molecular flexibility index (Phi) is 3.25. The lowest BCUT2D eigenvalue weighted by atomic mass is 9.89. The minimum Gasteiger partial charge on any atom is -0.334 e. The summed E-state index contributed by atoms with van der Waals surface area (Å²) in [6, 6.07) is 12.5. The molecule has 1 saturated heterocycles. The van der Waals surface area contributed by atoms with Gasteiger partial charge in [0.1, 0.15) is 6.42 Å². The van der Waals surface area contributed by atoms with E-state index in [0.29, 0.717) is 11.8 Å². The van der Waals surface area contributed by atoms with Gasteiger partial charge in [-0.15, -0.1) is 0 Å². The molecule has 2 aliphatic rings. The van der Waals surface area contributed by atoms with E-state index in [1.165, 1.54) is 24.8 Å². The molecule has 1 amide bonds. The van der Waals surface area contributed by atoms with Crippen molar-refractivity contribution in [1.82, 2.24) is 4.90 Å². The number of carbonyl (C=O) groups excluding carboxylic acids is 1. The fourth-order valence-corrected chi connectivity index (χ4v) is 3.81. The zero-order valence-corrected chi connectivity index (χ0v) is 11.0. The molecule has 0 radical (unpaired) electrons. The molecule has 3 atom stereocenters. The van der Waals surface area contributed by atoms with E-state index in [0.717, 1.165) is 6.54 Å². The average Bonchev–Trinajstić information content (AvgIpc) is 2.99. The van der Waals surface area contributed by atoms with E-state index in [2.05, 4.69) is 12.1 Å². The van der Waals surface area contributed by atoms with Gasteiger partial charge in [-0.25, -0.2) is 0 Å². The van der Waals surface area contributed by atoms with Gasteiger partial charge in [0, 0.05) is 6.54 Å². The van der Waals surface area contributed by atoms with Crippen molar-refractivity contribution < 1.29 is 4.79 Å². The van der Waals surface area contributed by atoms with E-state index in [-0.39, 0.29) is 18.4 Å². The molecule has 0 bridgehead atoms. The highest BCUT2D eigenvalue weighted by Gasteiger charge is 2.46. The zero-order chi connectivity index (χ0) is 13.2. The highest BCUT2D eigenvalue weighted by Crippen LogP contribution is 2.49. The van der Waals surface area contributed by atoms with E-state index in [9.17, 15) is 4.79 Å². The minimum atomic E-state index is -0.00856. The first-order chi connectivity index (χ1) is 9.31. The van der Waals surface area contributed by atoms with Crippen LogP contribution in [0.5, 0.6) is 0 Å². The van der Waals surface area contributed by atoms with Crippen molar-refractivity contribution >= 4 is 5.91 Å². The molecule has 3 rings (SSSR count). The predicted molar refractivity (Wildman–Crippen MR) is 72.0 cm³/mol. The number of nitrogens with zero attached hydrogens (tertiary/aromatic N) is 2. The van der Waals surface area contributed by atoms with Crippen LogP contribution in [0.3, 0.4) is 0 Å². The lowest BCUT2D eigenvalue weighted by molar-refractivity contribution is -0.131. The first-order valence-corrected chi connectivity index (χ1v) is 7.02. The molecule has 1 saturated carbocycles. The maximum Gasteiger partial charge on any atom is 0.237 e.